The van der Waals surface area contributed by atoms with E-state index in [0.717, 1.165) is 25.2 Å². The second kappa shape index (κ2) is 4.84. The highest BCUT2D eigenvalue weighted by Crippen LogP contribution is 2.28. The van der Waals surface area contributed by atoms with Crippen LogP contribution in [0.3, 0.4) is 0 Å². The first-order valence-electron chi connectivity index (χ1n) is 7.32. The van der Waals surface area contributed by atoms with Crippen LogP contribution in [0.2, 0.25) is 0 Å². The van der Waals surface area contributed by atoms with Crippen molar-refractivity contribution >= 4 is 11.6 Å². The molecular weight excluding hydrogens is 262 g/mol. The predicted octanol–water partition coefficient (Wildman–Crippen LogP) is 2.53. The van der Waals surface area contributed by atoms with Crippen LogP contribution in [0.1, 0.15) is 28.8 Å². The number of hydrogen-bond acceptors (Lipinski definition) is 4. The minimum absolute atomic E-state index is 0.682. The molecule has 0 spiro atoms. The highest BCUT2D eigenvalue weighted by atomic mass is 15.3. The van der Waals surface area contributed by atoms with Crippen molar-refractivity contribution in [3.8, 4) is 0 Å². The highest BCUT2D eigenvalue weighted by molar-refractivity contribution is 5.55. The van der Waals surface area contributed by atoms with Crippen LogP contribution in [-0.4, -0.2) is 19.6 Å². The molecule has 0 aliphatic heterocycles. The molecule has 1 aliphatic rings. The molecule has 0 bridgehead atoms. The molecule has 5 nitrogen and oxygen atoms in total. The van der Waals surface area contributed by atoms with E-state index < -0.39 is 0 Å². The summed E-state index contributed by atoms with van der Waals surface area (Å²) in [5.74, 6) is 1.78. The summed E-state index contributed by atoms with van der Waals surface area (Å²) in [6.45, 7) is 2.90. The van der Waals surface area contributed by atoms with Gasteiger partial charge >= 0.3 is 0 Å². The van der Waals surface area contributed by atoms with Gasteiger partial charge in [0.1, 0.15) is 12.1 Å². The lowest BCUT2D eigenvalue weighted by Crippen LogP contribution is -2.09. The van der Waals surface area contributed by atoms with Crippen molar-refractivity contribution in [3.05, 3.63) is 53.0 Å². The Balaban J connectivity index is 1.69. The molecule has 106 valence electrons. The largest absolute Gasteiger partial charge is 0.367 e. The summed E-state index contributed by atoms with van der Waals surface area (Å²) in [6, 6.07) is 8.60. The number of aromatic nitrogens is 4. The lowest BCUT2D eigenvalue weighted by atomic mass is 10.1. The zero-order valence-corrected chi connectivity index (χ0v) is 12.0. The third kappa shape index (κ3) is 2.14. The second-order valence-electron chi connectivity index (χ2n) is 5.58. The molecule has 0 unspecified atom stereocenters. The smallest absolute Gasteiger partial charge is 0.256 e. The third-order valence-electron chi connectivity index (χ3n) is 4.06. The SMILES string of the molecule is Cc1ccc(CNc2c3c(nc4nncn24)CCC3)cc1. The molecule has 4 rings (SSSR count). The van der Waals surface area contributed by atoms with Gasteiger partial charge in [0.05, 0.1) is 5.69 Å². The number of benzene rings is 1. The van der Waals surface area contributed by atoms with E-state index in [1.54, 1.807) is 6.33 Å². The van der Waals surface area contributed by atoms with E-state index in [-0.39, 0.29) is 0 Å². The average molecular weight is 279 g/mol. The number of nitrogens with one attached hydrogen (secondary N) is 1. The first-order valence-corrected chi connectivity index (χ1v) is 7.32. The van der Waals surface area contributed by atoms with Gasteiger partial charge in [0, 0.05) is 12.1 Å². The summed E-state index contributed by atoms with van der Waals surface area (Å²) < 4.78 is 1.96. The molecule has 0 fully saturated rings. The van der Waals surface area contributed by atoms with E-state index in [2.05, 4.69) is 51.7 Å². The lowest BCUT2D eigenvalue weighted by molar-refractivity contribution is 0.899. The molecular formula is C16H17N5. The van der Waals surface area contributed by atoms with Crippen molar-refractivity contribution < 1.29 is 0 Å². The van der Waals surface area contributed by atoms with Gasteiger partial charge in [-0.15, -0.1) is 10.2 Å². The average Bonchev–Trinajstić information content (AvgIpc) is 3.13. The van der Waals surface area contributed by atoms with Gasteiger partial charge in [-0.1, -0.05) is 29.8 Å². The summed E-state index contributed by atoms with van der Waals surface area (Å²) in [5.41, 5.74) is 5.03. The standard InChI is InChI=1S/C16H17N5/c1-11-5-7-12(8-6-11)9-17-15-13-3-2-4-14(13)19-16-20-18-10-21(15)16/h5-8,10,17H,2-4,9H2,1H3. The quantitative estimate of drug-likeness (QED) is 0.800. The third-order valence-corrected chi connectivity index (χ3v) is 4.06. The van der Waals surface area contributed by atoms with E-state index in [4.69, 9.17) is 0 Å². The first-order chi connectivity index (χ1) is 10.3. The van der Waals surface area contributed by atoms with Crippen LogP contribution in [-0.2, 0) is 19.4 Å². The van der Waals surface area contributed by atoms with Gasteiger partial charge in [0.2, 0.25) is 0 Å². The number of nitrogens with zero attached hydrogens (tertiary/aromatic N) is 4. The Kier molecular flexibility index (Phi) is 2.84. The van der Waals surface area contributed by atoms with Crippen molar-refractivity contribution in [1.82, 2.24) is 19.6 Å². The second-order valence-corrected chi connectivity index (χ2v) is 5.58. The fourth-order valence-electron chi connectivity index (χ4n) is 2.92. The lowest BCUT2D eigenvalue weighted by Gasteiger charge is -2.13. The molecule has 1 aliphatic carbocycles. The Morgan fingerprint density at radius 1 is 1.19 bits per heavy atom. The molecule has 0 saturated heterocycles. The van der Waals surface area contributed by atoms with Crippen LogP contribution < -0.4 is 5.32 Å². The van der Waals surface area contributed by atoms with E-state index in [9.17, 15) is 0 Å². The maximum absolute atomic E-state index is 4.59. The number of rotatable bonds is 3. The summed E-state index contributed by atoms with van der Waals surface area (Å²) in [7, 11) is 0. The molecule has 1 aromatic carbocycles. The van der Waals surface area contributed by atoms with E-state index in [0.29, 0.717) is 5.78 Å². The topological polar surface area (TPSA) is 55.1 Å². The van der Waals surface area contributed by atoms with Crippen molar-refractivity contribution in [2.24, 2.45) is 0 Å². The van der Waals surface area contributed by atoms with Gasteiger partial charge in [0.25, 0.3) is 5.78 Å². The van der Waals surface area contributed by atoms with Gasteiger partial charge < -0.3 is 5.32 Å². The Morgan fingerprint density at radius 3 is 2.90 bits per heavy atom. The van der Waals surface area contributed by atoms with Crippen LogP contribution in [0, 0.1) is 6.92 Å². The van der Waals surface area contributed by atoms with Crippen LogP contribution in [0.15, 0.2) is 30.6 Å². The fourth-order valence-corrected chi connectivity index (χ4v) is 2.92. The molecule has 2 heterocycles. The number of anilines is 1. The van der Waals surface area contributed by atoms with E-state index in [1.807, 2.05) is 4.40 Å². The fraction of sp³-hybridized carbons (Fsp3) is 0.312. The molecule has 0 amide bonds. The summed E-state index contributed by atoms with van der Waals surface area (Å²) in [6.07, 6.45) is 5.02. The summed E-state index contributed by atoms with van der Waals surface area (Å²) >= 11 is 0. The van der Waals surface area contributed by atoms with Crippen molar-refractivity contribution in [1.29, 1.82) is 0 Å². The van der Waals surface area contributed by atoms with E-state index in [1.165, 1.54) is 28.8 Å². The van der Waals surface area contributed by atoms with E-state index >= 15 is 0 Å². The van der Waals surface area contributed by atoms with Gasteiger partial charge in [-0.25, -0.2) is 4.98 Å². The van der Waals surface area contributed by atoms with Gasteiger partial charge in [-0.05, 0) is 31.7 Å². The minimum atomic E-state index is 0.682. The summed E-state index contributed by atoms with van der Waals surface area (Å²) in [5, 5.41) is 11.6. The Hall–Kier alpha value is -2.43. The van der Waals surface area contributed by atoms with Crippen LogP contribution in [0.25, 0.3) is 5.78 Å². The van der Waals surface area contributed by atoms with Crippen molar-refractivity contribution in [2.45, 2.75) is 32.7 Å². The molecule has 3 aromatic rings. The molecule has 5 heteroatoms. The summed E-state index contributed by atoms with van der Waals surface area (Å²) in [4.78, 5) is 4.59. The molecule has 1 N–H and O–H groups in total. The first kappa shape index (κ1) is 12.3. The molecule has 2 aromatic heterocycles. The van der Waals surface area contributed by atoms with Gasteiger partial charge in [0.15, 0.2) is 0 Å². The Bertz CT molecular complexity index is 788. The Morgan fingerprint density at radius 2 is 2.05 bits per heavy atom. The number of fused-ring (bicyclic) bond motifs is 2. The van der Waals surface area contributed by atoms with Crippen molar-refractivity contribution in [3.63, 3.8) is 0 Å². The normalized spacial score (nSPS) is 13.6. The van der Waals surface area contributed by atoms with Crippen molar-refractivity contribution in [2.75, 3.05) is 5.32 Å². The number of aryl methyl sites for hydroxylation is 2. The number of hydrogen-bond donors (Lipinski definition) is 1. The molecule has 21 heavy (non-hydrogen) atoms. The van der Waals surface area contributed by atoms with Gasteiger partial charge in [-0.3, -0.25) is 4.40 Å². The van der Waals surface area contributed by atoms with Crippen LogP contribution in [0.5, 0.6) is 0 Å². The highest BCUT2D eigenvalue weighted by Gasteiger charge is 2.20. The van der Waals surface area contributed by atoms with Gasteiger partial charge in [-0.2, -0.15) is 0 Å². The van der Waals surface area contributed by atoms with Crippen LogP contribution >= 0.6 is 0 Å². The maximum atomic E-state index is 4.59. The zero-order valence-electron chi connectivity index (χ0n) is 12.0. The molecule has 0 atom stereocenters. The molecule has 0 radical (unpaired) electrons. The van der Waals surface area contributed by atoms with Crippen LogP contribution in [0.4, 0.5) is 5.82 Å². The zero-order chi connectivity index (χ0) is 14.2. The monoisotopic (exact) mass is 279 g/mol. The minimum Gasteiger partial charge on any atom is -0.367 e. The predicted molar refractivity (Wildman–Crippen MR) is 81.3 cm³/mol. The Labute approximate surface area is 123 Å². The maximum Gasteiger partial charge on any atom is 0.256 e. The molecule has 0 saturated carbocycles.